The Bertz CT molecular complexity index is 366. The number of carbonyl (C=O) groups excluding carboxylic acids is 1. The highest BCUT2D eigenvalue weighted by Gasteiger charge is 2.12. The molecule has 0 aliphatic heterocycles. The Balaban J connectivity index is 2.52. The van der Waals surface area contributed by atoms with Gasteiger partial charge in [-0.1, -0.05) is 31.5 Å². The lowest BCUT2D eigenvalue weighted by Gasteiger charge is -2.15. The molecule has 4 heteroatoms. The van der Waals surface area contributed by atoms with Crippen molar-refractivity contribution < 1.29 is 4.79 Å². The first-order valence-electron chi connectivity index (χ1n) is 5.30. The standard InChI is InChI=1S/C12H17ClN2O/c1-8(2)11(14)7-12(16)15-10-5-3-4-9(13)6-10/h3-6,8,11H,7,14H2,1-2H3,(H,15,16). The second-order valence-electron chi connectivity index (χ2n) is 4.17. The number of hydrogen-bond acceptors (Lipinski definition) is 2. The first kappa shape index (κ1) is 13.0. The van der Waals surface area contributed by atoms with Crippen molar-refractivity contribution in [1.29, 1.82) is 0 Å². The van der Waals surface area contributed by atoms with E-state index < -0.39 is 0 Å². The van der Waals surface area contributed by atoms with Crippen LogP contribution in [0, 0.1) is 5.92 Å². The van der Waals surface area contributed by atoms with Crippen molar-refractivity contribution in [2.75, 3.05) is 5.32 Å². The molecule has 1 atom stereocenters. The Morgan fingerprint density at radius 1 is 1.50 bits per heavy atom. The van der Waals surface area contributed by atoms with Gasteiger partial charge in [0.05, 0.1) is 0 Å². The molecule has 0 aliphatic rings. The minimum absolute atomic E-state index is 0.0801. The highest BCUT2D eigenvalue weighted by molar-refractivity contribution is 6.30. The normalized spacial score (nSPS) is 12.6. The fourth-order valence-electron chi connectivity index (χ4n) is 1.23. The van der Waals surface area contributed by atoms with E-state index in [2.05, 4.69) is 5.32 Å². The number of halogens is 1. The molecule has 0 heterocycles. The summed E-state index contributed by atoms with van der Waals surface area (Å²) in [6.45, 7) is 3.99. The molecule has 1 amide bonds. The molecule has 0 bridgehead atoms. The molecule has 0 spiro atoms. The molecular weight excluding hydrogens is 224 g/mol. The van der Waals surface area contributed by atoms with E-state index in [0.717, 1.165) is 0 Å². The molecular formula is C12H17ClN2O. The van der Waals surface area contributed by atoms with Gasteiger partial charge in [0.1, 0.15) is 0 Å². The molecule has 1 unspecified atom stereocenters. The van der Waals surface area contributed by atoms with Crippen LogP contribution in [0.3, 0.4) is 0 Å². The summed E-state index contributed by atoms with van der Waals surface area (Å²) in [5.74, 6) is 0.216. The van der Waals surface area contributed by atoms with Gasteiger partial charge in [0, 0.05) is 23.2 Å². The lowest BCUT2D eigenvalue weighted by molar-refractivity contribution is -0.116. The van der Waals surface area contributed by atoms with Gasteiger partial charge in [0.15, 0.2) is 0 Å². The maximum Gasteiger partial charge on any atom is 0.225 e. The van der Waals surface area contributed by atoms with Crippen LogP contribution in [0.5, 0.6) is 0 Å². The van der Waals surface area contributed by atoms with Gasteiger partial charge in [-0.05, 0) is 24.1 Å². The van der Waals surface area contributed by atoms with E-state index in [9.17, 15) is 4.79 Å². The Hall–Kier alpha value is -1.06. The Kier molecular flexibility index (Phi) is 4.77. The first-order chi connectivity index (χ1) is 7.49. The van der Waals surface area contributed by atoms with Gasteiger partial charge in [-0.15, -0.1) is 0 Å². The van der Waals surface area contributed by atoms with Crippen LogP contribution in [-0.4, -0.2) is 11.9 Å². The third kappa shape index (κ3) is 4.21. The molecule has 0 aromatic heterocycles. The number of rotatable bonds is 4. The zero-order valence-electron chi connectivity index (χ0n) is 9.53. The Morgan fingerprint density at radius 3 is 2.75 bits per heavy atom. The SMILES string of the molecule is CC(C)C(N)CC(=O)Nc1cccc(Cl)c1. The van der Waals surface area contributed by atoms with Crippen molar-refractivity contribution in [3.8, 4) is 0 Å². The number of nitrogens with one attached hydrogen (secondary N) is 1. The average Bonchev–Trinajstić information content (AvgIpc) is 2.16. The zero-order valence-corrected chi connectivity index (χ0v) is 10.3. The molecule has 1 aromatic carbocycles. The van der Waals surface area contributed by atoms with E-state index in [0.29, 0.717) is 23.0 Å². The molecule has 3 N–H and O–H groups in total. The smallest absolute Gasteiger partial charge is 0.225 e. The van der Waals surface area contributed by atoms with Crippen LogP contribution in [0.1, 0.15) is 20.3 Å². The summed E-state index contributed by atoms with van der Waals surface area (Å²) < 4.78 is 0. The molecule has 0 fully saturated rings. The van der Waals surface area contributed by atoms with E-state index in [-0.39, 0.29) is 11.9 Å². The fourth-order valence-corrected chi connectivity index (χ4v) is 1.42. The lowest BCUT2D eigenvalue weighted by Crippen LogP contribution is -2.31. The minimum Gasteiger partial charge on any atom is -0.327 e. The number of nitrogens with two attached hydrogens (primary N) is 1. The third-order valence-electron chi connectivity index (χ3n) is 2.39. The van der Waals surface area contributed by atoms with E-state index in [4.69, 9.17) is 17.3 Å². The van der Waals surface area contributed by atoms with Crippen LogP contribution in [0.15, 0.2) is 24.3 Å². The Morgan fingerprint density at radius 2 is 2.19 bits per heavy atom. The summed E-state index contributed by atoms with van der Waals surface area (Å²) in [7, 11) is 0. The summed E-state index contributed by atoms with van der Waals surface area (Å²) in [6, 6.07) is 6.95. The van der Waals surface area contributed by atoms with E-state index >= 15 is 0 Å². The lowest BCUT2D eigenvalue weighted by atomic mass is 10.0. The van der Waals surface area contributed by atoms with Crippen LogP contribution in [0.2, 0.25) is 5.02 Å². The Labute approximate surface area is 101 Å². The molecule has 0 radical (unpaired) electrons. The van der Waals surface area contributed by atoms with E-state index in [1.54, 1.807) is 24.3 Å². The molecule has 1 aromatic rings. The number of benzene rings is 1. The van der Waals surface area contributed by atoms with Gasteiger partial charge in [-0.25, -0.2) is 0 Å². The highest BCUT2D eigenvalue weighted by Crippen LogP contribution is 2.15. The maximum absolute atomic E-state index is 11.6. The monoisotopic (exact) mass is 240 g/mol. The number of hydrogen-bond donors (Lipinski definition) is 2. The average molecular weight is 241 g/mol. The van der Waals surface area contributed by atoms with Crippen LogP contribution in [-0.2, 0) is 4.79 Å². The van der Waals surface area contributed by atoms with Crippen LogP contribution in [0.4, 0.5) is 5.69 Å². The van der Waals surface area contributed by atoms with Crippen LogP contribution >= 0.6 is 11.6 Å². The number of anilines is 1. The van der Waals surface area contributed by atoms with E-state index in [1.807, 2.05) is 13.8 Å². The molecule has 16 heavy (non-hydrogen) atoms. The third-order valence-corrected chi connectivity index (χ3v) is 2.62. The highest BCUT2D eigenvalue weighted by atomic mass is 35.5. The van der Waals surface area contributed by atoms with E-state index in [1.165, 1.54) is 0 Å². The van der Waals surface area contributed by atoms with Gasteiger partial charge in [0.2, 0.25) is 5.91 Å². The molecule has 88 valence electrons. The van der Waals surface area contributed by atoms with Gasteiger partial charge in [-0.3, -0.25) is 4.79 Å². The predicted octanol–water partition coefficient (Wildman–Crippen LogP) is 2.65. The molecule has 0 saturated heterocycles. The largest absolute Gasteiger partial charge is 0.327 e. The van der Waals surface area contributed by atoms with Crippen molar-refractivity contribution >= 4 is 23.2 Å². The molecule has 3 nitrogen and oxygen atoms in total. The minimum atomic E-state index is -0.112. The van der Waals surface area contributed by atoms with Crippen molar-refractivity contribution in [3.05, 3.63) is 29.3 Å². The van der Waals surface area contributed by atoms with Gasteiger partial charge in [0.25, 0.3) is 0 Å². The molecule has 1 rings (SSSR count). The van der Waals surface area contributed by atoms with Crippen LogP contribution in [0.25, 0.3) is 0 Å². The van der Waals surface area contributed by atoms with Gasteiger partial charge >= 0.3 is 0 Å². The van der Waals surface area contributed by atoms with Crippen LogP contribution < -0.4 is 11.1 Å². The predicted molar refractivity (Wildman–Crippen MR) is 67.5 cm³/mol. The number of amides is 1. The molecule has 0 saturated carbocycles. The van der Waals surface area contributed by atoms with Crippen molar-refractivity contribution in [1.82, 2.24) is 0 Å². The summed E-state index contributed by atoms with van der Waals surface area (Å²) in [5.41, 5.74) is 6.52. The van der Waals surface area contributed by atoms with Gasteiger partial charge < -0.3 is 11.1 Å². The summed E-state index contributed by atoms with van der Waals surface area (Å²) in [4.78, 5) is 11.6. The van der Waals surface area contributed by atoms with Crippen molar-refractivity contribution in [2.45, 2.75) is 26.3 Å². The first-order valence-corrected chi connectivity index (χ1v) is 5.68. The molecule has 0 aliphatic carbocycles. The van der Waals surface area contributed by atoms with Crippen molar-refractivity contribution in [2.24, 2.45) is 11.7 Å². The second-order valence-corrected chi connectivity index (χ2v) is 4.61. The fraction of sp³-hybridized carbons (Fsp3) is 0.417. The van der Waals surface area contributed by atoms with Gasteiger partial charge in [-0.2, -0.15) is 0 Å². The summed E-state index contributed by atoms with van der Waals surface area (Å²) >= 11 is 5.81. The second kappa shape index (κ2) is 5.87. The zero-order chi connectivity index (χ0) is 12.1. The topological polar surface area (TPSA) is 55.1 Å². The quantitative estimate of drug-likeness (QED) is 0.850. The summed E-state index contributed by atoms with van der Waals surface area (Å²) in [6.07, 6.45) is 0.324. The van der Waals surface area contributed by atoms with Crippen molar-refractivity contribution in [3.63, 3.8) is 0 Å². The maximum atomic E-state index is 11.6. The summed E-state index contributed by atoms with van der Waals surface area (Å²) in [5, 5.41) is 3.37. The number of carbonyl (C=O) groups is 1.